The fourth-order valence-corrected chi connectivity index (χ4v) is 0.972. The number of nitrogens with zero attached hydrogens (tertiary/aromatic N) is 2. The van der Waals surface area contributed by atoms with Gasteiger partial charge in [-0.15, -0.1) is 0 Å². The average Bonchev–Trinajstić information content (AvgIpc) is 2.24. The van der Waals surface area contributed by atoms with Crippen molar-refractivity contribution in [3.8, 4) is 5.88 Å². The molecule has 18 heavy (non-hydrogen) atoms. The highest BCUT2D eigenvalue weighted by atomic mass is 19.4. The lowest BCUT2D eigenvalue weighted by Crippen LogP contribution is -2.41. The predicted molar refractivity (Wildman–Crippen MR) is 52.8 cm³/mol. The van der Waals surface area contributed by atoms with Gasteiger partial charge in [0, 0.05) is 18.8 Å². The Balaban J connectivity index is 2.78. The van der Waals surface area contributed by atoms with Crippen LogP contribution in [0.2, 0.25) is 0 Å². The number of anilines is 1. The number of alkyl halides is 5. The maximum absolute atomic E-state index is 12.6. The van der Waals surface area contributed by atoms with Gasteiger partial charge in [0.2, 0.25) is 11.8 Å². The van der Waals surface area contributed by atoms with Crippen LogP contribution in [0, 0.1) is 6.92 Å². The zero-order chi connectivity index (χ0) is 14.0. The van der Waals surface area contributed by atoms with Gasteiger partial charge in [0.05, 0.1) is 0 Å². The third-order valence-electron chi connectivity index (χ3n) is 1.87. The average molecular weight is 271 g/mol. The number of hydrogen-bond acceptors (Lipinski definition) is 4. The van der Waals surface area contributed by atoms with Gasteiger partial charge in [-0.05, 0) is 6.92 Å². The Labute approximate surface area is 99.2 Å². The van der Waals surface area contributed by atoms with E-state index in [1.807, 2.05) is 0 Å². The van der Waals surface area contributed by atoms with Crippen LogP contribution in [-0.2, 0) is 0 Å². The first-order chi connectivity index (χ1) is 8.15. The number of rotatable bonds is 4. The number of halogens is 5. The zero-order valence-corrected chi connectivity index (χ0v) is 9.48. The molecular weight excluding hydrogens is 261 g/mol. The van der Waals surface area contributed by atoms with E-state index in [0.29, 0.717) is 5.69 Å². The SMILES string of the molecule is CNc1nc(C)cc(OCC(F)(F)C(F)(F)F)n1. The first-order valence-corrected chi connectivity index (χ1v) is 4.76. The second-order valence-electron chi connectivity index (χ2n) is 3.41. The van der Waals surface area contributed by atoms with Crippen LogP contribution in [0.4, 0.5) is 27.9 Å². The van der Waals surface area contributed by atoms with Gasteiger partial charge in [-0.3, -0.25) is 0 Å². The Morgan fingerprint density at radius 1 is 1.22 bits per heavy atom. The topological polar surface area (TPSA) is 47.0 Å². The minimum atomic E-state index is -5.65. The molecule has 1 aromatic heterocycles. The molecule has 0 spiro atoms. The fourth-order valence-electron chi connectivity index (χ4n) is 0.972. The van der Waals surface area contributed by atoms with Gasteiger partial charge in [0.15, 0.2) is 6.61 Å². The van der Waals surface area contributed by atoms with Crippen molar-refractivity contribution in [2.24, 2.45) is 0 Å². The van der Waals surface area contributed by atoms with Crippen LogP contribution < -0.4 is 10.1 Å². The molecule has 0 bridgehead atoms. The van der Waals surface area contributed by atoms with E-state index in [2.05, 4.69) is 20.0 Å². The zero-order valence-electron chi connectivity index (χ0n) is 9.48. The molecule has 1 rings (SSSR count). The van der Waals surface area contributed by atoms with Gasteiger partial charge in [-0.2, -0.15) is 26.9 Å². The van der Waals surface area contributed by atoms with Crippen LogP contribution in [0.25, 0.3) is 0 Å². The van der Waals surface area contributed by atoms with Crippen molar-refractivity contribution in [3.63, 3.8) is 0 Å². The Hall–Kier alpha value is -1.67. The third-order valence-corrected chi connectivity index (χ3v) is 1.87. The second kappa shape index (κ2) is 4.91. The van der Waals surface area contributed by atoms with Crippen molar-refractivity contribution in [3.05, 3.63) is 11.8 Å². The lowest BCUT2D eigenvalue weighted by atomic mass is 10.3. The Morgan fingerprint density at radius 2 is 1.83 bits per heavy atom. The number of aryl methyl sites for hydroxylation is 1. The summed E-state index contributed by atoms with van der Waals surface area (Å²) in [4.78, 5) is 7.43. The van der Waals surface area contributed by atoms with E-state index in [4.69, 9.17) is 0 Å². The van der Waals surface area contributed by atoms with E-state index in [9.17, 15) is 22.0 Å². The molecule has 0 saturated heterocycles. The summed E-state index contributed by atoms with van der Waals surface area (Å²) in [6.45, 7) is -0.298. The van der Waals surface area contributed by atoms with Crippen molar-refractivity contribution in [2.75, 3.05) is 19.0 Å². The largest absolute Gasteiger partial charge is 0.471 e. The minimum Gasteiger partial charge on any atom is -0.471 e. The van der Waals surface area contributed by atoms with Gasteiger partial charge < -0.3 is 10.1 Å². The molecule has 0 atom stereocenters. The summed E-state index contributed by atoms with van der Waals surface area (Å²) in [5.74, 6) is -5.21. The Kier molecular flexibility index (Phi) is 3.92. The molecule has 0 saturated carbocycles. The standard InChI is InChI=1S/C9H10F5N3O/c1-5-3-6(17-7(15-2)16-5)18-4-8(10,11)9(12,13)14/h3H,4H2,1-2H3,(H,15,16,17). The molecule has 1 aromatic rings. The molecule has 0 radical (unpaired) electrons. The molecule has 0 fully saturated rings. The minimum absolute atomic E-state index is 0.0697. The lowest BCUT2D eigenvalue weighted by molar-refractivity contribution is -0.290. The van der Waals surface area contributed by atoms with Crippen LogP contribution in [0.15, 0.2) is 6.07 Å². The molecular formula is C9H10F5N3O. The summed E-state index contributed by atoms with van der Waals surface area (Å²) in [6.07, 6.45) is -5.65. The van der Waals surface area contributed by atoms with Gasteiger partial charge in [0.1, 0.15) is 0 Å². The molecule has 102 valence electrons. The van der Waals surface area contributed by atoms with Crippen molar-refractivity contribution >= 4 is 5.95 Å². The van der Waals surface area contributed by atoms with E-state index in [1.165, 1.54) is 14.0 Å². The molecule has 1 heterocycles. The molecule has 0 aliphatic rings. The predicted octanol–water partition coefficient (Wildman–Crippen LogP) is 2.40. The lowest BCUT2D eigenvalue weighted by Gasteiger charge is -2.19. The second-order valence-corrected chi connectivity index (χ2v) is 3.41. The van der Waals surface area contributed by atoms with E-state index < -0.39 is 18.7 Å². The smallest absolute Gasteiger partial charge is 0.456 e. The number of aromatic nitrogens is 2. The first kappa shape index (κ1) is 14.4. The molecule has 0 amide bonds. The summed E-state index contributed by atoms with van der Waals surface area (Å²) in [5.41, 5.74) is 0.375. The summed E-state index contributed by atoms with van der Waals surface area (Å²) >= 11 is 0. The molecule has 0 aliphatic heterocycles. The van der Waals surface area contributed by atoms with Crippen LogP contribution >= 0.6 is 0 Å². The van der Waals surface area contributed by atoms with Crippen LogP contribution in [0.1, 0.15) is 5.69 Å². The van der Waals surface area contributed by atoms with Crippen molar-refractivity contribution in [1.29, 1.82) is 0 Å². The van der Waals surface area contributed by atoms with E-state index >= 15 is 0 Å². The van der Waals surface area contributed by atoms with Gasteiger partial charge in [-0.1, -0.05) is 0 Å². The summed E-state index contributed by atoms with van der Waals surface area (Å²) in [7, 11) is 1.48. The summed E-state index contributed by atoms with van der Waals surface area (Å²) < 4.78 is 65.2. The van der Waals surface area contributed by atoms with E-state index in [1.54, 1.807) is 0 Å². The first-order valence-electron chi connectivity index (χ1n) is 4.76. The monoisotopic (exact) mass is 271 g/mol. The van der Waals surface area contributed by atoms with Crippen molar-refractivity contribution in [2.45, 2.75) is 19.0 Å². The summed E-state index contributed by atoms with van der Waals surface area (Å²) in [6, 6.07) is 1.16. The molecule has 0 unspecified atom stereocenters. The highest BCUT2D eigenvalue weighted by Crippen LogP contribution is 2.35. The van der Waals surface area contributed by atoms with Gasteiger partial charge in [0.25, 0.3) is 0 Å². The van der Waals surface area contributed by atoms with Crippen molar-refractivity contribution < 1.29 is 26.7 Å². The van der Waals surface area contributed by atoms with Gasteiger partial charge in [-0.25, -0.2) is 4.98 Å². The molecule has 0 aliphatic carbocycles. The van der Waals surface area contributed by atoms with Gasteiger partial charge >= 0.3 is 12.1 Å². The van der Waals surface area contributed by atoms with E-state index in [0.717, 1.165) is 6.07 Å². The maximum atomic E-state index is 12.6. The van der Waals surface area contributed by atoms with Crippen molar-refractivity contribution in [1.82, 2.24) is 9.97 Å². The van der Waals surface area contributed by atoms with Crippen LogP contribution in [0.3, 0.4) is 0 Å². The normalized spacial score (nSPS) is 12.4. The summed E-state index contributed by atoms with van der Waals surface area (Å²) in [5, 5.41) is 2.52. The third kappa shape index (κ3) is 3.41. The highest BCUT2D eigenvalue weighted by Gasteiger charge is 2.58. The van der Waals surface area contributed by atoms with Crippen LogP contribution in [0.5, 0.6) is 5.88 Å². The van der Waals surface area contributed by atoms with Crippen LogP contribution in [-0.4, -0.2) is 35.7 Å². The number of hydrogen-bond donors (Lipinski definition) is 1. The number of ether oxygens (including phenoxy) is 1. The molecule has 1 N–H and O–H groups in total. The number of nitrogens with one attached hydrogen (secondary N) is 1. The molecule has 0 aromatic carbocycles. The fraction of sp³-hybridized carbons (Fsp3) is 0.556. The van der Waals surface area contributed by atoms with E-state index in [-0.39, 0.29) is 11.8 Å². The quantitative estimate of drug-likeness (QED) is 0.854. The maximum Gasteiger partial charge on any atom is 0.456 e. The molecule has 4 nitrogen and oxygen atoms in total. The highest BCUT2D eigenvalue weighted by molar-refractivity contribution is 5.29. The Morgan fingerprint density at radius 3 is 2.33 bits per heavy atom. The molecule has 9 heteroatoms. The Bertz CT molecular complexity index is 421.